The molecule has 0 bridgehead atoms. The van der Waals surface area contributed by atoms with Crippen molar-refractivity contribution in [1.29, 1.82) is 0 Å². The van der Waals surface area contributed by atoms with Gasteiger partial charge in [-0.1, -0.05) is 32.4 Å². The number of likely N-dealkylation sites (N-methyl/N-ethyl adjacent to an activating group) is 1. The minimum absolute atomic E-state index is 0.143. The summed E-state index contributed by atoms with van der Waals surface area (Å²) in [6.45, 7) is 5.59. The monoisotopic (exact) mass is 754 g/mol. The molecular weight excluding hydrogens is 686 g/mol. The van der Waals surface area contributed by atoms with Gasteiger partial charge < -0.3 is 62.8 Å². The summed E-state index contributed by atoms with van der Waals surface area (Å²) in [5, 5.41) is 60.7. The summed E-state index contributed by atoms with van der Waals surface area (Å²) < 4.78 is 0. The lowest BCUT2D eigenvalue weighted by Gasteiger charge is -2.27. The molecule has 0 saturated heterocycles. The maximum atomic E-state index is 13.6. The summed E-state index contributed by atoms with van der Waals surface area (Å²) in [5.74, 6) is -1.63. The molecule has 0 fully saturated rings. The average Bonchev–Trinajstić information content (AvgIpc) is 3.14. The number of hydrogen-bond acceptors (Lipinski definition) is 11. The van der Waals surface area contributed by atoms with Gasteiger partial charge in [-0.05, 0) is 115 Å². The first-order valence-electron chi connectivity index (χ1n) is 19.0. The van der Waals surface area contributed by atoms with Crippen LogP contribution in [-0.2, 0) is 21.0 Å². The molecule has 5 amide bonds. The Morgan fingerprint density at radius 1 is 0.698 bits per heavy atom. The van der Waals surface area contributed by atoms with E-state index in [1.165, 1.54) is 0 Å². The molecule has 1 aromatic carbocycles. The molecule has 1 aromatic rings. The Morgan fingerprint density at radius 2 is 1.23 bits per heavy atom. The summed E-state index contributed by atoms with van der Waals surface area (Å²) in [4.78, 5) is 53.8. The van der Waals surface area contributed by atoms with E-state index in [-0.39, 0.29) is 44.6 Å². The standard InChI is InChI=1S/C37H67N7O9/c1-26(2)33(36(52)42-32(14-10-19-40-37(38)53)35(51)41-28-17-15-27(23-45)16-18-28)43-34(50)31(39-3)13-6-9-22-44(20-7-4-11-29(48)24-46)21-8-5-12-30(49)25-47/h15-18,26,29-33,39,45-49H,4-14,19-25H2,1-3H3,(H,41,51)(H,42,52)(H,43,50)(H3,38,40,53)/t29?,30?,31?,32-,33?/m0/s1. The average molecular weight is 754 g/mol. The zero-order valence-corrected chi connectivity index (χ0v) is 31.9. The van der Waals surface area contributed by atoms with Crippen LogP contribution in [0.25, 0.3) is 0 Å². The summed E-state index contributed by atoms with van der Waals surface area (Å²) in [6, 6.07) is 3.47. The summed E-state index contributed by atoms with van der Waals surface area (Å²) >= 11 is 0. The van der Waals surface area contributed by atoms with Crippen LogP contribution in [0.5, 0.6) is 0 Å². The number of nitrogens with zero attached hydrogens (tertiary/aromatic N) is 1. The third kappa shape index (κ3) is 21.2. The fraction of sp³-hybridized carbons (Fsp3) is 0.730. The number of unbranched alkanes of at least 4 members (excludes halogenated alkanes) is 3. The van der Waals surface area contributed by atoms with E-state index in [9.17, 15) is 34.5 Å². The van der Waals surface area contributed by atoms with Crippen LogP contribution >= 0.6 is 0 Å². The second-order valence-corrected chi connectivity index (χ2v) is 13.9. The topological polar surface area (TPSA) is 259 Å². The number of rotatable bonds is 30. The number of hydrogen-bond donors (Lipinski definition) is 11. The second-order valence-electron chi connectivity index (χ2n) is 13.9. The number of nitrogens with one attached hydrogen (secondary N) is 5. The zero-order chi connectivity index (χ0) is 39.6. The molecule has 0 aliphatic heterocycles. The molecular formula is C37H67N7O9. The molecule has 304 valence electrons. The number of aliphatic hydroxyl groups is 5. The summed E-state index contributed by atoms with van der Waals surface area (Å²) in [7, 11) is 1.69. The maximum Gasteiger partial charge on any atom is 0.312 e. The van der Waals surface area contributed by atoms with Crippen molar-refractivity contribution in [2.75, 3.05) is 51.8 Å². The van der Waals surface area contributed by atoms with E-state index < -0.39 is 48.2 Å². The van der Waals surface area contributed by atoms with Gasteiger partial charge >= 0.3 is 6.03 Å². The molecule has 4 unspecified atom stereocenters. The predicted octanol–water partition coefficient (Wildman–Crippen LogP) is 0.299. The van der Waals surface area contributed by atoms with E-state index in [4.69, 9.17) is 15.9 Å². The quantitative estimate of drug-likeness (QED) is 0.0476. The fourth-order valence-electron chi connectivity index (χ4n) is 5.80. The molecule has 12 N–H and O–H groups in total. The van der Waals surface area contributed by atoms with Crippen LogP contribution in [0.2, 0.25) is 0 Å². The lowest BCUT2D eigenvalue weighted by Crippen LogP contribution is -2.57. The van der Waals surface area contributed by atoms with Crippen LogP contribution < -0.4 is 32.3 Å². The smallest absolute Gasteiger partial charge is 0.312 e. The van der Waals surface area contributed by atoms with Crippen molar-refractivity contribution in [3.63, 3.8) is 0 Å². The molecule has 0 aliphatic rings. The summed E-state index contributed by atoms with van der Waals surface area (Å²) in [5.41, 5.74) is 6.31. The van der Waals surface area contributed by atoms with Crippen molar-refractivity contribution in [2.24, 2.45) is 11.7 Å². The number of anilines is 1. The Kier molecular flexibility index (Phi) is 25.3. The summed E-state index contributed by atoms with van der Waals surface area (Å²) in [6.07, 6.45) is 5.56. The Labute approximate surface area is 314 Å². The van der Waals surface area contributed by atoms with Gasteiger partial charge in [0.1, 0.15) is 12.1 Å². The van der Waals surface area contributed by atoms with Gasteiger partial charge in [0.25, 0.3) is 0 Å². The van der Waals surface area contributed by atoms with Crippen molar-refractivity contribution in [3.8, 4) is 0 Å². The van der Waals surface area contributed by atoms with E-state index in [0.29, 0.717) is 36.9 Å². The third-order valence-electron chi connectivity index (χ3n) is 9.08. The van der Waals surface area contributed by atoms with Gasteiger partial charge in [0.15, 0.2) is 0 Å². The Morgan fingerprint density at radius 3 is 1.70 bits per heavy atom. The van der Waals surface area contributed by atoms with Crippen LogP contribution in [-0.4, -0.2) is 131 Å². The molecule has 0 saturated carbocycles. The molecule has 1 rings (SSSR count). The van der Waals surface area contributed by atoms with Gasteiger partial charge in [0.2, 0.25) is 17.7 Å². The molecule has 5 atom stereocenters. The first-order chi connectivity index (χ1) is 25.3. The maximum absolute atomic E-state index is 13.6. The number of benzene rings is 1. The normalized spacial score (nSPS) is 14.3. The van der Waals surface area contributed by atoms with E-state index in [2.05, 4.69) is 31.5 Å². The third-order valence-corrected chi connectivity index (χ3v) is 9.08. The highest BCUT2D eigenvalue weighted by Crippen LogP contribution is 2.13. The molecule has 0 aliphatic carbocycles. The van der Waals surface area contributed by atoms with Gasteiger partial charge in [-0.25, -0.2) is 4.79 Å². The Bertz CT molecular complexity index is 1160. The molecule has 53 heavy (non-hydrogen) atoms. The van der Waals surface area contributed by atoms with Gasteiger partial charge in [-0.2, -0.15) is 0 Å². The number of carbonyl (C=O) groups excluding carboxylic acids is 4. The van der Waals surface area contributed by atoms with Crippen LogP contribution in [0, 0.1) is 5.92 Å². The van der Waals surface area contributed by atoms with Crippen LogP contribution in [0.3, 0.4) is 0 Å². The van der Waals surface area contributed by atoms with Gasteiger partial charge in [0.05, 0.1) is 38.1 Å². The molecule has 0 radical (unpaired) electrons. The second kappa shape index (κ2) is 28.1. The first kappa shape index (κ1) is 47.6. The van der Waals surface area contributed by atoms with Crippen molar-refractivity contribution in [3.05, 3.63) is 29.8 Å². The SMILES string of the molecule is CNC(CCCCN(CCCCC(O)CO)CCCCC(O)CO)C(=O)NC(C(=O)N[C@@H](CCCNC(N)=O)C(=O)Nc1ccc(CO)cc1)C(C)C. The number of nitrogens with two attached hydrogens (primary N) is 1. The first-order valence-corrected chi connectivity index (χ1v) is 19.0. The molecule has 0 heterocycles. The van der Waals surface area contributed by atoms with Gasteiger partial charge in [-0.15, -0.1) is 0 Å². The highest BCUT2D eigenvalue weighted by Gasteiger charge is 2.30. The molecule has 16 nitrogen and oxygen atoms in total. The van der Waals surface area contributed by atoms with E-state index in [1.807, 2.05) is 0 Å². The number of urea groups is 1. The lowest BCUT2D eigenvalue weighted by molar-refractivity contribution is -0.132. The lowest BCUT2D eigenvalue weighted by atomic mass is 10.0. The van der Waals surface area contributed by atoms with E-state index >= 15 is 0 Å². The van der Waals surface area contributed by atoms with Gasteiger partial charge in [0, 0.05) is 12.2 Å². The van der Waals surface area contributed by atoms with Crippen LogP contribution in [0.1, 0.15) is 90.0 Å². The number of aliphatic hydroxyl groups excluding tert-OH is 5. The Balaban J connectivity index is 2.82. The Hall–Kier alpha value is -3.38. The van der Waals surface area contributed by atoms with Gasteiger partial charge in [-0.3, -0.25) is 14.4 Å². The van der Waals surface area contributed by atoms with Crippen molar-refractivity contribution >= 4 is 29.4 Å². The van der Waals surface area contributed by atoms with Crippen molar-refractivity contribution in [1.82, 2.24) is 26.2 Å². The number of primary amides is 1. The molecule has 0 aromatic heterocycles. The van der Waals surface area contributed by atoms with E-state index in [1.54, 1.807) is 45.2 Å². The number of carbonyl (C=O) groups is 4. The van der Waals surface area contributed by atoms with Crippen LogP contribution in [0.15, 0.2) is 24.3 Å². The minimum Gasteiger partial charge on any atom is -0.394 e. The molecule has 16 heteroatoms. The highest BCUT2D eigenvalue weighted by molar-refractivity contribution is 5.98. The largest absolute Gasteiger partial charge is 0.394 e. The predicted molar refractivity (Wildman–Crippen MR) is 204 cm³/mol. The minimum atomic E-state index is -0.976. The zero-order valence-electron chi connectivity index (χ0n) is 31.9. The fourth-order valence-corrected chi connectivity index (χ4v) is 5.80. The van der Waals surface area contributed by atoms with E-state index in [0.717, 1.165) is 58.2 Å². The van der Waals surface area contributed by atoms with Crippen molar-refractivity contribution in [2.45, 2.75) is 121 Å². The van der Waals surface area contributed by atoms with Crippen LogP contribution in [0.4, 0.5) is 10.5 Å². The van der Waals surface area contributed by atoms with Crippen molar-refractivity contribution < 1.29 is 44.7 Å². The number of amides is 5. The highest BCUT2D eigenvalue weighted by atomic mass is 16.3. The molecule has 0 spiro atoms.